The van der Waals surface area contributed by atoms with E-state index < -0.39 is 6.03 Å². The maximum absolute atomic E-state index is 11.8. The maximum Gasteiger partial charge on any atom is 0.320 e. The molecule has 1 heterocycles. The minimum absolute atomic E-state index is 0.0764. The molecule has 0 aliphatic heterocycles. The van der Waals surface area contributed by atoms with E-state index >= 15 is 0 Å². The molecular weight excluding hydrogens is 284 g/mol. The van der Waals surface area contributed by atoms with E-state index in [4.69, 9.17) is 0 Å². The van der Waals surface area contributed by atoms with E-state index in [-0.39, 0.29) is 23.5 Å². The fraction of sp³-hybridized carbons (Fsp3) is 0.333. The predicted octanol–water partition coefficient (Wildman–Crippen LogP) is 2.44. The van der Waals surface area contributed by atoms with Gasteiger partial charge in [0.1, 0.15) is 0 Å². The lowest BCUT2D eigenvalue weighted by atomic mass is 9.92. The van der Waals surface area contributed by atoms with Gasteiger partial charge in [0.05, 0.1) is 0 Å². The molecule has 0 bridgehead atoms. The van der Waals surface area contributed by atoms with Gasteiger partial charge in [-0.1, -0.05) is 26.8 Å². The quantitative estimate of drug-likeness (QED) is 0.561. The molecule has 0 unspecified atom stereocenters. The molecule has 0 atom stereocenters. The summed E-state index contributed by atoms with van der Waals surface area (Å²) in [5, 5.41) is 30.8. The van der Waals surface area contributed by atoms with Gasteiger partial charge < -0.3 is 15.5 Å². The number of carbonyl (C=O) groups excluding carboxylic acids is 1. The topological polar surface area (TPSA) is 110 Å². The summed E-state index contributed by atoms with van der Waals surface area (Å²) in [4.78, 5) is 11.8. The molecular formula is C15H20N4O3. The number of H-pyrrole nitrogens is 1. The van der Waals surface area contributed by atoms with Gasteiger partial charge in [-0.3, -0.25) is 10.4 Å². The molecule has 5 N–H and O–H groups in total. The Morgan fingerprint density at radius 3 is 2.55 bits per heavy atom. The van der Waals surface area contributed by atoms with Crippen molar-refractivity contribution in [1.82, 2.24) is 15.5 Å². The van der Waals surface area contributed by atoms with Crippen molar-refractivity contribution in [2.45, 2.75) is 32.7 Å². The molecule has 2 amide bonds. The second kappa shape index (κ2) is 5.97. The van der Waals surface area contributed by atoms with E-state index in [1.54, 1.807) is 12.1 Å². The van der Waals surface area contributed by atoms with Gasteiger partial charge in [-0.2, -0.15) is 5.10 Å². The summed E-state index contributed by atoms with van der Waals surface area (Å²) >= 11 is 0. The van der Waals surface area contributed by atoms with E-state index in [2.05, 4.69) is 20.8 Å². The highest BCUT2D eigenvalue weighted by Crippen LogP contribution is 2.24. The van der Waals surface area contributed by atoms with Crippen molar-refractivity contribution >= 4 is 11.8 Å². The summed E-state index contributed by atoms with van der Waals surface area (Å²) in [6.07, 6.45) is 0. The fourth-order valence-corrected chi connectivity index (χ4v) is 1.79. The Bertz CT molecular complexity index is 674. The van der Waals surface area contributed by atoms with E-state index in [1.165, 1.54) is 12.1 Å². The average Bonchev–Trinajstić information content (AvgIpc) is 2.88. The van der Waals surface area contributed by atoms with Crippen LogP contribution in [-0.4, -0.2) is 26.4 Å². The summed E-state index contributed by atoms with van der Waals surface area (Å²) in [6, 6.07) is 5.75. The average molecular weight is 304 g/mol. The van der Waals surface area contributed by atoms with Crippen LogP contribution in [-0.2, 0) is 12.0 Å². The number of amides is 2. The number of aromatic amines is 1. The molecule has 22 heavy (non-hydrogen) atoms. The van der Waals surface area contributed by atoms with Gasteiger partial charge in [0.2, 0.25) is 0 Å². The summed E-state index contributed by atoms with van der Waals surface area (Å²) < 4.78 is 0. The Balaban J connectivity index is 1.90. The van der Waals surface area contributed by atoms with Gasteiger partial charge in [-0.05, 0) is 17.7 Å². The molecule has 0 saturated carbocycles. The fourth-order valence-electron chi connectivity index (χ4n) is 1.79. The van der Waals surface area contributed by atoms with E-state index in [0.29, 0.717) is 11.4 Å². The molecule has 1 aromatic carbocycles. The number of aromatic hydroxyl groups is 2. The van der Waals surface area contributed by atoms with Crippen LogP contribution in [0.5, 0.6) is 11.5 Å². The molecule has 0 aliphatic carbocycles. The smallest absolute Gasteiger partial charge is 0.320 e. The molecule has 7 nitrogen and oxygen atoms in total. The standard InChI is InChI=1S/C15H20N4O3/c1-15(2,3)12-7-13(19-18-12)17-14(22)16-8-9-4-5-10(20)11(21)6-9/h4-7,20-21H,8H2,1-3H3,(H3,16,17,18,19,22). The molecule has 0 fully saturated rings. The second-order valence-electron chi connectivity index (χ2n) is 6.05. The zero-order valence-electron chi connectivity index (χ0n) is 12.8. The number of benzene rings is 1. The first kappa shape index (κ1) is 15.7. The minimum Gasteiger partial charge on any atom is -0.504 e. The van der Waals surface area contributed by atoms with E-state index in [9.17, 15) is 15.0 Å². The zero-order chi connectivity index (χ0) is 16.3. The van der Waals surface area contributed by atoms with Crippen LogP contribution in [0.1, 0.15) is 32.0 Å². The van der Waals surface area contributed by atoms with Crippen molar-refractivity contribution in [3.63, 3.8) is 0 Å². The van der Waals surface area contributed by atoms with Crippen LogP contribution < -0.4 is 10.6 Å². The van der Waals surface area contributed by atoms with Crippen molar-refractivity contribution in [2.24, 2.45) is 0 Å². The van der Waals surface area contributed by atoms with Gasteiger partial charge in [0.25, 0.3) is 0 Å². The Labute approximate surface area is 128 Å². The number of hydrogen-bond donors (Lipinski definition) is 5. The highest BCUT2D eigenvalue weighted by molar-refractivity contribution is 5.88. The molecule has 1 aromatic heterocycles. The predicted molar refractivity (Wildman–Crippen MR) is 82.9 cm³/mol. The lowest BCUT2D eigenvalue weighted by molar-refractivity contribution is 0.251. The van der Waals surface area contributed by atoms with Gasteiger partial charge in [-0.15, -0.1) is 0 Å². The van der Waals surface area contributed by atoms with Gasteiger partial charge >= 0.3 is 6.03 Å². The first-order chi connectivity index (χ1) is 10.3. The van der Waals surface area contributed by atoms with E-state index in [0.717, 1.165) is 5.69 Å². The van der Waals surface area contributed by atoms with Crippen LogP contribution in [0.25, 0.3) is 0 Å². The van der Waals surface area contributed by atoms with Crippen LogP contribution in [0.4, 0.5) is 10.6 Å². The van der Waals surface area contributed by atoms with Crippen LogP contribution in [0.3, 0.4) is 0 Å². The van der Waals surface area contributed by atoms with Crippen molar-refractivity contribution < 1.29 is 15.0 Å². The Hall–Kier alpha value is -2.70. The van der Waals surface area contributed by atoms with Crippen molar-refractivity contribution in [2.75, 3.05) is 5.32 Å². The molecule has 2 aromatic rings. The molecule has 0 aliphatic rings. The largest absolute Gasteiger partial charge is 0.504 e. The third-order valence-corrected chi connectivity index (χ3v) is 3.12. The zero-order valence-corrected chi connectivity index (χ0v) is 12.8. The lowest BCUT2D eigenvalue weighted by Gasteiger charge is -2.14. The van der Waals surface area contributed by atoms with Crippen molar-refractivity contribution in [3.05, 3.63) is 35.5 Å². The number of nitrogens with zero attached hydrogens (tertiary/aromatic N) is 1. The van der Waals surface area contributed by atoms with Crippen molar-refractivity contribution in [3.8, 4) is 11.5 Å². The lowest BCUT2D eigenvalue weighted by Crippen LogP contribution is -2.28. The molecule has 0 spiro atoms. The number of phenolic OH excluding ortho intramolecular Hbond substituents is 2. The molecule has 118 valence electrons. The summed E-state index contributed by atoms with van der Waals surface area (Å²) in [6.45, 7) is 6.35. The number of rotatable bonds is 3. The minimum atomic E-state index is -0.403. The third-order valence-electron chi connectivity index (χ3n) is 3.12. The molecule has 0 saturated heterocycles. The second-order valence-corrected chi connectivity index (χ2v) is 6.05. The van der Waals surface area contributed by atoms with Crippen LogP contribution >= 0.6 is 0 Å². The third kappa shape index (κ3) is 3.91. The van der Waals surface area contributed by atoms with Gasteiger partial charge in [0, 0.05) is 23.7 Å². The maximum atomic E-state index is 11.8. The summed E-state index contributed by atoms with van der Waals surface area (Å²) in [5.74, 6) is 0.0252. The highest BCUT2D eigenvalue weighted by atomic mass is 16.3. The Morgan fingerprint density at radius 1 is 1.23 bits per heavy atom. The first-order valence-corrected chi connectivity index (χ1v) is 6.87. The number of carbonyl (C=O) groups is 1. The molecule has 0 radical (unpaired) electrons. The van der Waals surface area contributed by atoms with Crippen LogP contribution in [0.2, 0.25) is 0 Å². The van der Waals surface area contributed by atoms with Crippen LogP contribution in [0.15, 0.2) is 24.3 Å². The SMILES string of the molecule is CC(C)(C)c1cc(NC(=O)NCc2ccc(O)c(O)c2)n[nH]1. The van der Waals surface area contributed by atoms with E-state index in [1.807, 2.05) is 20.8 Å². The monoisotopic (exact) mass is 304 g/mol. The highest BCUT2D eigenvalue weighted by Gasteiger charge is 2.17. The summed E-state index contributed by atoms with van der Waals surface area (Å²) in [5.41, 5.74) is 1.52. The number of anilines is 1. The number of urea groups is 1. The van der Waals surface area contributed by atoms with Crippen LogP contribution in [0, 0.1) is 0 Å². The van der Waals surface area contributed by atoms with Crippen molar-refractivity contribution in [1.29, 1.82) is 0 Å². The Kier molecular flexibility index (Phi) is 4.25. The Morgan fingerprint density at radius 2 is 1.95 bits per heavy atom. The molecule has 2 rings (SSSR count). The number of nitrogens with one attached hydrogen (secondary N) is 3. The van der Waals surface area contributed by atoms with Gasteiger partial charge in [-0.25, -0.2) is 4.79 Å². The number of phenols is 2. The normalized spacial score (nSPS) is 11.2. The number of hydrogen-bond acceptors (Lipinski definition) is 4. The molecule has 7 heteroatoms. The number of aromatic nitrogens is 2. The van der Waals surface area contributed by atoms with Gasteiger partial charge in [0.15, 0.2) is 17.3 Å². The summed E-state index contributed by atoms with van der Waals surface area (Å²) in [7, 11) is 0. The first-order valence-electron chi connectivity index (χ1n) is 6.87.